The monoisotopic (exact) mass is 400 g/mol. The largest absolute Gasteiger partial charge is 0.513 e. The van der Waals surface area contributed by atoms with Gasteiger partial charge in [0.2, 0.25) is 0 Å². The van der Waals surface area contributed by atoms with Gasteiger partial charge in [0.1, 0.15) is 0 Å². The highest BCUT2D eigenvalue weighted by molar-refractivity contribution is 5.26. The molecule has 164 valence electrons. The van der Waals surface area contributed by atoms with E-state index in [2.05, 4.69) is 33.4 Å². The highest BCUT2D eigenvalue weighted by Gasteiger charge is 2.59. The third-order valence-corrected chi connectivity index (χ3v) is 10.3. The molecule has 2 N–H and O–H groups in total. The molecule has 8 atom stereocenters. The van der Waals surface area contributed by atoms with Gasteiger partial charge in [0, 0.05) is 6.42 Å². The van der Waals surface area contributed by atoms with E-state index in [1.54, 1.807) is 5.57 Å². The Morgan fingerprint density at radius 2 is 1.90 bits per heavy atom. The average molecular weight is 401 g/mol. The lowest BCUT2D eigenvalue weighted by Gasteiger charge is -2.59. The Bertz CT molecular complexity index is 676. The number of fused-ring (bicyclic) bond motifs is 5. The fourth-order valence-electron chi connectivity index (χ4n) is 8.61. The Morgan fingerprint density at radius 1 is 1.14 bits per heavy atom. The summed E-state index contributed by atoms with van der Waals surface area (Å²) < 4.78 is 0. The van der Waals surface area contributed by atoms with Crippen molar-refractivity contribution in [3.63, 3.8) is 0 Å². The minimum atomic E-state index is -0.491. The van der Waals surface area contributed by atoms with Gasteiger partial charge in [0.25, 0.3) is 0 Å². The zero-order valence-electron chi connectivity index (χ0n) is 19.3. The van der Waals surface area contributed by atoms with Gasteiger partial charge in [-0.05, 0) is 112 Å². The van der Waals surface area contributed by atoms with E-state index in [1.165, 1.54) is 44.9 Å². The zero-order valence-corrected chi connectivity index (χ0v) is 19.3. The van der Waals surface area contributed by atoms with Crippen molar-refractivity contribution in [1.29, 1.82) is 0 Å². The third-order valence-electron chi connectivity index (χ3n) is 10.3. The fourth-order valence-corrected chi connectivity index (χ4v) is 8.61. The number of hydrogen-bond donors (Lipinski definition) is 2. The van der Waals surface area contributed by atoms with E-state index in [-0.39, 0.29) is 0 Å². The molecule has 0 amide bonds. The van der Waals surface area contributed by atoms with Gasteiger partial charge in [-0.15, -0.1) is 0 Å². The van der Waals surface area contributed by atoms with Crippen LogP contribution in [0.15, 0.2) is 24.0 Å². The molecule has 0 bridgehead atoms. The molecule has 0 aromatic carbocycles. The maximum absolute atomic E-state index is 10.7. The summed E-state index contributed by atoms with van der Waals surface area (Å²) in [5, 5.41) is 20.1. The molecule has 3 fully saturated rings. The van der Waals surface area contributed by atoms with Crippen molar-refractivity contribution in [2.75, 3.05) is 0 Å². The molecule has 0 aromatic heterocycles. The molecule has 0 radical (unpaired) electrons. The first kappa shape index (κ1) is 21.5. The molecule has 0 saturated heterocycles. The Morgan fingerprint density at radius 3 is 2.62 bits per heavy atom. The van der Waals surface area contributed by atoms with Crippen LogP contribution < -0.4 is 0 Å². The summed E-state index contributed by atoms with van der Waals surface area (Å²) in [6, 6.07) is 0. The standard InChI is InChI=1S/C27H44O2/c1-18(7-6-8-19(2)28)22-11-12-23-21-10-9-20-17-25(3,29)15-16-26(20,4)24(21)13-14-27(22,23)5/h9,18,21-24,28-29H,2,6-8,10-17H2,1,3-5H3/t18-,21?,22?,23?,24?,25+,26?,27?/m1/s1. The number of hydrogen-bond acceptors (Lipinski definition) is 2. The van der Waals surface area contributed by atoms with Crippen LogP contribution in [-0.4, -0.2) is 15.8 Å². The van der Waals surface area contributed by atoms with Crippen LogP contribution in [0.4, 0.5) is 0 Å². The van der Waals surface area contributed by atoms with E-state index in [0.717, 1.165) is 55.3 Å². The summed E-state index contributed by atoms with van der Waals surface area (Å²) in [6.07, 6.45) is 15.5. The molecular formula is C27H44O2. The van der Waals surface area contributed by atoms with Crippen LogP contribution in [0.1, 0.15) is 98.3 Å². The Kier molecular flexibility index (Phi) is 5.50. The molecule has 2 nitrogen and oxygen atoms in total. The van der Waals surface area contributed by atoms with Crippen LogP contribution in [0.3, 0.4) is 0 Å². The van der Waals surface area contributed by atoms with Crippen molar-refractivity contribution in [3.05, 3.63) is 24.0 Å². The summed E-state index contributed by atoms with van der Waals surface area (Å²) in [7, 11) is 0. The predicted molar refractivity (Wildman–Crippen MR) is 121 cm³/mol. The molecule has 0 spiro atoms. The maximum Gasteiger partial charge on any atom is 0.0851 e. The summed E-state index contributed by atoms with van der Waals surface area (Å²) in [6.45, 7) is 13.3. The molecular weight excluding hydrogens is 356 g/mol. The van der Waals surface area contributed by atoms with Crippen molar-refractivity contribution >= 4 is 0 Å². The molecule has 2 heteroatoms. The summed E-state index contributed by atoms with van der Waals surface area (Å²) >= 11 is 0. The van der Waals surface area contributed by atoms with Gasteiger partial charge < -0.3 is 10.2 Å². The first-order valence-electron chi connectivity index (χ1n) is 12.4. The molecule has 6 unspecified atom stereocenters. The SMILES string of the molecule is C=C(O)CCC[C@@H](C)C1CCC2C3CC=C4C[C@@](C)(O)CCC4(C)C3CCC21C. The Hall–Kier alpha value is -0.760. The van der Waals surface area contributed by atoms with Gasteiger partial charge in [-0.25, -0.2) is 0 Å². The van der Waals surface area contributed by atoms with Crippen LogP contribution in [0.25, 0.3) is 0 Å². The molecule has 4 rings (SSSR count). The second kappa shape index (κ2) is 7.43. The van der Waals surface area contributed by atoms with Gasteiger partial charge in [-0.3, -0.25) is 0 Å². The van der Waals surface area contributed by atoms with E-state index >= 15 is 0 Å². The molecule has 4 aliphatic rings. The second-order valence-corrected chi connectivity index (χ2v) is 12.1. The third kappa shape index (κ3) is 3.62. The van der Waals surface area contributed by atoms with Crippen molar-refractivity contribution in [2.45, 2.75) is 104 Å². The average Bonchev–Trinajstić information content (AvgIpc) is 2.99. The molecule has 3 saturated carbocycles. The van der Waals surface area contributed by atoms with Crippen LogP contribution in [0.2, 0.25) is 0 Å². The summed E-state index contributed by atoms with van der Waals surface area (Å²) in [5.41, 5.74) is 1.91. The zero-order chi connectivity index (χ0) is 21.0. The summed E-state index contributed by atoms with van der Waals surface area (Å²) in [5.74, 6) is 4.47. The second-order valence-electron chi connectivity index (χ2n) is 12.1. The van der Waals surface area contributed by atoms with Gasteiger partial charge in [-0.1, -0.05) is 39.0 Å². The van der Waals surface area contributed by atoms with Crippen molar-refractivity contribution < 1.29 is 10.2 Å². The van der Waals surface area contributed by atoms with Gasteiger partial charge in [0.15, 0.2) is 0 Å². The molecule has 0 heterocycles. The van der Waals surface area contributed by atoms with E-state index < -0.39 is 5.60 Å². The lowest BCUT2D eigenvalue weighted by Crippen LogP contribution is -2.52. The first-order valence-corrected chi connectivity index (χ1v) is 12.4. The quantitative estimate of drug-likeness (QED) is 0.378. The minimum Gasteiger partial charge on any atom is -0.513 e. The van der Waals surface area contributed by atoms with E-state index in [1.807, 2.05) is 6.92 Å². The van der Waals surface area contributed by atoms with Crippen molar-refractivity contribution in [1.82, 2.24) is 0 Å². The number of aliphatic hydroxyl groups excluding tert-OH is 1. The normalized spacial score (nSPS) is 47.6. The molecule has 4 aliphatic carbocycles. The number of aliphatic hydroxyl groups is 2. The molecule has 29 heavy (non-hydrogen) atoms. The van der Waals surface area contributed by atoms with E-state index in [0.29, 0.717) is 16.6 Å². The van der Waals surface area contributed by atoms with Crippen molar-refractivity contribution in [3.8, 4) is 0 Å². The van der Waals surface area contributed by atoms with Crippen LogP contribution in [0, 0.1) is 40.4 Å². The number of allylic oxidation sites excluding steroid dienone is 2. The Balaban J connectivity index is 1.50. The van der Waals surface area contributed by atoms with E-state index in [9.17, 15) is 10.2 Å². The molecule has 0 aliphatic heterocycles. The lowest BCUT2D eigenvalue weighted by molar-refractivity contribution is -0.0705. The number of rotatable bonds is 5. The van der Waals surface area contributed by atoms with Crippen LogP contribution >= 0.6 is 0 Å². The van der Waals surface area contributed by atoms with Crippen molar-refractivity contribution in [2.24, 2.45) is 40.4 Å². The van der Waals surface area contributed by atoms with Crippen LogP contribution in [0.5, 0.6) is 0 Å². The molecule has 0 aromatic rings. The summed E-state index contributed by atoms with van der Waals surface area (Å²) in [4.78, 5) is 0. The van der Waals surface area contributed by atoms with Gasteiger partial charge in [-0.2, -0.15) is 0 Å². The van der Waals surface area contributed by atoms with Gasteiger partial charge in [0.05, 0.1) is 11.4 Å². The topological polar surface area (TPSA) is 40.5 Å². The first-order chi connectivity index (χ1) is 13.6. The van der Waals surface area contributed by atoms with E-state index in [4.69, 9.17) is 0 Å². The Labute approximate surface area is 178 Å². The fraction of sp³-hybridized carbons (Fsp3) is 0.852. The highest BCUT2D eigenvalue weighted by atomic mass is 16.3. The lowest BCUT2D eigenvalue weighted by atomic mass is 9.46. The highest BCUT2D eigenvalue weighted by Crippen LogP contribution is 2.67. The van der Waals surface area contributed by atoms with Crippen LogP contribution in [-0.2, 0) is 0 Å². The predicted octanol–water partition coefficient (Wildman–Crippen LogP) is 7.19. The maximum atomic E-state index is 10.7. The smallest absolute Gasteiger partial charge is 0.0851 e. The van der Waals surface area contributed by atoms with Gasteiger partial charge >= 0.3 is 0 Å². The minimum absolute atomic E-state index is 0.331.